The van der Waals surface area contributed by atoms with E-state index >= 15 is 0 Å². The molecule has 0 spiro atoms. The molecule has 16 heavy (non-hydrogen) atoms. The van der Waals surface area contributed by atoms with Crippen LogP contribution >= 0.6 is 0 Å². The Kier molecular flexibility index (Phi) is 2.76. The maximum absolute atomic E-state index is 13.1. The Morgan fingerprint density at radius 2 is 2.31 bits per heavy atom. The van der Waals surface area contributed by atoms with Gasteiger partial charge < -0.3 is 16.0 Å². The SMILES string of the molecule is Cc1cc(NCc2cnc[nH]2)c(N)cc1F. The van der Waals surface area contributed by atoms with Crippen molar-refractivity contribution in [1.82, 2.24) is 9.97 Å². The van der Waals surface area contributed by atoms with Crippen LogP contribution in [0.3, 0.4) is 0 Å². The Balaban J connectivity index is 2.12. The number of nitrogens with zero attached hydrogens (tertiary/aromatic N) is 1. The van der Waals surface area contributed by atoms with Crippen molar-refractivity contribution < 1.29 is 4.39 Å². The van der Waals surface area contributed by atoms with Crippen LogP contribution in [0.2, 0.25) is 0 Å². The second-order valence-corrected chi connectivity index (χ2v) is 3.62. The van der Waals surface area contributed by atoms with E-state index in [1.54, 1.807) is 25.5 Å². The molecule has 84 valence electrons. The number of H-pyrrole nitrogens is 1. The summed E-state index contributed by atoms with van der Waals surface area (Å²) in [5.74, 6) is -0.287. The highest BCUT2D eigenvalue weighted by atomic mass is 19.1. The summed E-state index contributed by atoms with van der Waals surface area (Å²) in [6, 6.07) is 3.02. The lowest BCUT2D eigenvalue weighted by atomic mass is 10.2. The zero-order valence-electron chi connectivity index (χ0n) is 8.92. The van der Waals surface area contributed by atoms with Crippen LogP contribution < -0.4 is 11.1 Å². The molecular formula is C11H13FN4. The van der Waals surface area contributed by atoms with E-state index in [4.69, 9.17) is 5.73 Å². The third kappa shape index (κ3) is 2.13. The number of hydrogen-bond acceptors (Lipinski definition) is 3. The van der Waals surface area contributed by atoms with Crippen molar-refractivity contribution in [3.8, 4) is 0 Å². The van der Waals surface area contributed by atoms with Crippen LogP contribution in [0.15, 0.2) is 24.7 Å². The first-order valence-corrected chi connectivity index (χ1v) is 4.93. The third-order valence-electron chi connectivity index (χ3n) is 2.35. The number of anilines is 2. The van der Waals surface area contributed by atoms with Crippen LogP contribution in [-0.2, 0) is 6.54 Å². The van der Waals surface area contributed by atoms with Gasteiger partial charge >= 0.3 is 0 Å². The summed E-state index contributed by atoms with van der Waals surface area (Å²) in [6.45, 7) is 2.28. The quantitative estimate of drug-likeness (QED) is 0.693. The Labute approximate surface area is 92.7 Å². The maximum atomic E-state index is 13.1. The minimum absolute atomic E-state index is 0.287. The fourth-order valence-corrected chi connectivity index (χ4v) is 1.42. The van der Waals surface area contributed by atoms with Crippen LogP contribution in [-0.4, -0.2) is 9.97 Å². The third-order valence-corrected chi connectivity index (χ3v) is 2.35. The Hall–Kier alpha value is -2.04. The fourth-order valence-electron chi connectivity index (χ4n) is 1.42. The predicted octanol–water partition coefficient (Wildman–Crippen LogP) is 2.05. The average molecular weight is 220 g/mol. The molecule has 0 saturated carbocycles. The molecule has 0 radical (unpaired) electrons. The zero-order chi connectivity index (χ0) is 11.5. The van der Waals surface area contributed by atoms with E-state index in [1.165, 1.54) is 6.07 Å². The van der Waals surface area contributed by atoms with Gasteiger partial charge in [0.15, 0.2) is 0 Å². The Bertz CT molecular complexity index is 479. The summed E-state index contributed by atoms with van der Waals surface area (Å²) >= 11 is 0. The lowest BCUT2D eigenvalue weighted by Crippen LogP contribution is -2.03. The van der Waals surface area contributed by atoms with E-state index < -0.39 is 0 Å². The summed E-state index contributed by atoms with van der Waals surface area (Å²) < 4.78 is 13.1. The highest BCUT2D eigenvalue weighted by Crippen LogP contribution is 2.22. The van der Waals surface area contributed by atoms with E-state index in [-0.39, 0.29) is 5.82 Å². The normalized spacial score (nSPS) is 10.4. The van der Waals surface area contributed by atoms with E-state index in [1.807, 2.05) is 0 Å². The minimum atomic E-state index is -0.287. The van der Waals surface area contributed by atoms with Crippen molar-refractivity contribution in [2.24, 2.45) is 0 Å². The molecule has 2 rings (SSSR count). The van der Waals surface area contributed by atoms with Gasteiger partial charge in [0.25, 0.3) is 0 Å². The van der Waals surface area contributed by atoms with E-state index in [0.29, 0.717) is 17.8 Å². The van der Waals surface area contributed by atoms with Crippen LogP contribution in [0.4, 0.5) is 15.8 Å². The van der Waals surface area contributed by atoms with Crippen LogP contribution in [0, 0.1) is 12.7 Å². The molecule has 1 aromatic heterocycles. The number of nitrogens with one attached hydrogen (secondary N) is 2. The van der Waals surface area contributed by atoms with Crippen LogP contribution in [0.5, 0.6) is 0 Å². The molecule has 0 unspecified atom stereocenters. The number of hydrogen-bond donors (Lipinski definition) is 3. The molecule has 0 atom stereocenters. The van der Waals surface area contributed by atoms with Gasteiger partial charge in [0.1, 0.15) is 5.82 Å². The van der Waals surface area contributed by atoms with Gasteiger partial charge in [0.05, 0.1) is 29.9 Å². The predicted molar refractivity (Wildman–Crippen MR) is 61.5 cm³/mol. The van der Waals surface area contributed by atoms with Gasteiger partial charge in [-0.25, -0.2) is 9.37 Å². The number of aromatic nitrogens is 2. The summed E-state index contributed by atoms with van der Waals surface area (Å²) in [7, 11) is 0. The summed E-state index contributed by atoms with van der Waals surface area (Å²) in [5, 5.41) is 3.12. The Morgan fingerprint density at radius 3 is 3.00 bits per heavy atom. The molecule has 1 heterocycles. The molecule has 4 nitrogen and oxygen atoms in total. The van der Waals surface area contributed by atoms with Crippen LogP contribution in [0.25, 0.3) is 0 Å². The van der Waals surface area contributed by atoms with Crippen molar-refractivity contribution in [3.63, 3.8) is 0 Å². The number of aryl methyl sites for hydroxylation is 1. The highest BCUT2D eigenvalue weighted by Gasteiger charge is 2.04. The lowest BCUT2D eigenvalue weighted by Gasteiger charge is -2.09. The second kappa shape index (κ2) is 4.22. The van der Waals surface area contributed by atoms with Crippen molar-refractivity contribution in [2.45, 2.75) is 13.5 Å². The minimum Gasteiger partial charge on any atom is -0.397 e. The first kappa shape index (κ1) is 10.5. The van der Waals surface area contributed by atoms with Gasteiger partial charge in [-0.15, -0.1) is 0 Å². The summed E-state index contributed by atoms with van der Waals surface area (Å²) in [4.78, 5) is 6.87. The number of aromatic amines is 1. The Morgan fingerprint density at radius 1 is 1.50 bits per heavy atom. The number of benzene rings is 1. The number of halogens is 1. The largest absolute Gasteiger partial charge is 0.397 e. The smallest absolute Gasteiger partial charge is 0.128 e. The first-order valence-electron chi connectivity index (χ1n) is 4.93. The van der Waals surface area contributed by atoms with Crippen molar-refractivity contribution in [2.75, 3.05) is 11.1 Å². The van der Waals surface area contributed by atoms with Crippen molar-refractivity contribution in [1.29, 1.82) is 0 Å². The summed E-state index contributed by atoms with van der Waals surface area (Å²) in [5.41, 5.74) is 8.35. The number of rotatable bonds is 3. The molecule has 0 aliphatic rings. The van der Waals surface area contributed by atoms with Gasteiger partial charge in [0.2, 0.25) is 0 Å². The second-order valence-electron chi connectivity index (χ2n) is 3.62. The molecule has 0 fully saturated rings. The number of nitrogen functional groups attached to an aromatic ring is 1. The molecule has 0 bridgehead atoms. The van der Waals surface area contributed by atoms with E-state index in [9.17, 15) is 4.39 Å². The molecule has 0 aliphatic carbocycles. The topological polar surface area (TPSA) is 66.7 Å². The van der Waals surface area contributed by atoms with Gasteiger partial charge in [-0.3, -0.25) is 0 Å². The van der Waals surface area contributed by atoms with Crippen molar-refractivity contribution >= 4 is 11.4 Å². The molecule has 1 aromatic carbocycles. The fraction of sp³-hybridized carbons (Fsp3) is 0.182. The number of nitrogens with two attached hydrogens (primary N) is 1. The number of imidazole rings is 1. The summed E-state index contributed by atoms with van der Waals surface area (Å²) in [6.07, 6.45) is 3.33. The molecule has 4 N–H and O–H groups in total. The van der Waals surface area contributed by atoms with Gasteiger partial charge in [-0.05, 0) is 24.6 Å². The standard InChI is InChI=1S/C11H13FN4/c1-7-2-11(10(13)3-9(7)12)15-5-8-4-14-6-16-8/h2-4,6,15H,5,13H2,1H3,(H,14,16). The zero-order valence-corrected chi connectivity index (χ0v) is 8.92. The first-order chi connectivity index (χ1) is 7.66. The van der Waals surface area contributed by atoms with E-state index in [0.717, 1.165) is 11.4 Å². The molecule has 2 aromatic rings. The highest BCUT2D eigenvalue weighted by molar-refractivity contribution is 5.67. The maximum Gasteiger partial charge on any atom is 0.128 e. The molecule has 5 heteroatoms. The molecular weight excluding hydrogens is 207 g/mol. The van der Waals surface area contributed by atoms with Crippen molar-refractivity contribution in [3.05, 3.63) is 41.7 Å². The van der Waals surface area contributed by atoms with Crippen LogP contribution in [0.1, 0.15) is 11.3 Å². The molecule has 0 aliphatic heterocycles. The van der Waals surface area contributed by atoms with E-state index in [2.05, 4.69) is 15.3 Å². The van der Waals surface area contributed by atoms with Gasteiger partial charge in [0, 0.05) is 6.20 Å². The monoisotopic (exact) mass is 220 g/mol. The molecule has 0 amide bonds. The van der Waals surface area contributed by atoms with Gasteiger partial charge in [-0.1, -0.05) is 0 Å². The average Bonchev–Trinajstić information content (AvgIpc) is 2.74. The van der Waals surface area contributed by atoms with Gasteiger partial charge in [-0.2, -0.15) is 0 Å². The molecule has 0 saturated heterocycles. The lowest BCUT2D eigenvalue weighted by molar-refractivity contribution is 0.619.